The van der Waals surface area contributed by atoms with Crippen molar-refractivity contribution in [3.05, 3.63) is 88.7 Å². The monoisotopic (exact) mass is 537 g/mol. The molecule has 0 spiro atoms. The fourth-order valence-corrected chi connectivity index (χ4v) is 5.52. The van der Waals surface area contributed by atoms with Crippen molar-refractivity contribution in [3.8, 4) is 11.5 Å². The molecular formula is C34H39N3O3. The number of amidine groups is 1. The van der Waals surface area contributed by atoms with E-state index in [2.05, 4.69) is 29.3 Å². The van der Waals surface area contributed by atoms with Crippen molar-refractivity contribution in [2.45, 2.75) is 51.4 Å². The third-order valence-corrected chi connectivity index (χ3v) is 7.85. The van der Waals surface area contributed by atoms with Crippen LogP contribution in [0.5, 0.6) is 11.5 Å². The number of aliphatic imine (C=N–C) groups is 2. The van der Waals surface area contributed by atoms with Crippen LogP contribution in [0.25, 0.3) is 0 Å². The number of hydrogen-bond acceptors (Lipinski definition) is 5. The van der Waals surface area contributed by atoms with Gasteiger partial charge in [-0.05, 0) is 85.1 Å². The molecule has 1 atom stereocenters. The van der Waals surface area contributed by atoms with Gasteiger partial charge < -0.3 is 14.2 Å². The largest absolute Gasteiger partial charge is 0.497 e. The summed E-state index contributed by atoms with van der Waals surface area (Å²) in [4.78, 5) is 9.25. The second-order valence-electron chi connectivity index (χ2n) is 10.7. The Morgan fingerprint density at radius 1 is 1.00 bits per heavy atom. The van der Waals surface area contributed by atoms with Crippen LogP contribution in [-0.2, 0) is 17.6 Å². The highest BCUT2D eigenvalue weighted by molar-refractivity contribution is 6.01. The lowest BCUT2D eigenvalue weighted by molar-refractivity contribution is 0.305. The number of nitrogens with zero attached hydrogens (tertiary/aromatic N) is 2. The van der Waals surface area contributed by atoms with Crippen molar-refractivity contribution in [1.82, 2.24) is 0 Å². The molecule has 2 aromatic carbocycles. The van der Waals surface area contributed by atoms with Crippen LogP contribution in [0.15, 0.2) is 82.0 Å². The number of allylic oxidation sites excluding steroid dienone is 3. The van der Waals surface area contributed by atoms with E-state index in [4.69, 9.17) is 24.6 Å². The molecule has 0 amide bonds. The minimum atomic E-state index is 0.294. The van der Waals surface area contributed by atoms with Gasteiger partial charge >= 0.3 is 0 Å². The van der Waals surface area contributed by atoms with E-state index >= 15 is 0 Å². The number of hydrogen-bond donors (Lipinski definition) is 1. The summed E-state index contributed by atoms with van der Waals surface area (Å²) in [5, 5.41) is 8.44. The van der Waals surface area contributed by atoms with Crippen molar-refractivity contribution in [2.75, 3.05) is 20.8 Å². The summed E-state index contributed by atoms with van der Waals surface area (Å²) in [7, 11) is 3.36. The number of methoxy groups -OCH3 is 2. The quantitative estimate of drug-likeness (QED) is 0.265. The summed E-state index contributed by atoms with van der Waals surface area (Å²) in [5.74, 6) is 3.46. The standard InChI is InChI=1S/C34H39N3O3/c1-38-30-10-6-9-25(11-15-30)23-40-32-16-12-26(19-33(32)39-2)17-27-18-28-13-14-29(20-31(28)36-22-27)34(35)37-21-24-7-4-3-5-8-24/h9-16,19-22,24,27,35H,3-8,17-18,23H2,1-2H3. The molecule has 5 rings (SSSR count). The number of benzene rings is 2. The molecule has 1 heterocycles. The molecule has 208 valence electrons. The van der Waals surface area contributed by atoms with E-state index in [1.807, 2.05) is 48.9 Å². The van der Waals surface area contributed by atoms with Crippen LogP contribution in [-0.4, -0.2) is 39.1 Å². The van der Waals surface area contributed by atoms with Gasteiger partial charge in [0.2, 0.25) is 0 Å². The number of rotatable bonds is 9. The zero-order valence-electron chi connectivity index (χ0n) is 23.6. The van der Waals surface area contributed by atoms with Gasteiger partial charge in [0, 0.05) is 23.9 Å². The Kier molecular flexibility index (Phi) is 9.27. The van der Waals surface area contributed by atoms with Crippen LogP contribution in [0.1, 0.15) is 55.2 Å². The lowest BCUT2D eigenvalue weighted by atomic mass is 9.90. The molecule has 2 aromatic rings. The van der Waals surface area contributed by atoms with Gasteiger partial charge in [-0.1, -0.05) is 49.6 Å². The smallest absolute Gasteiger partial charge is 0.161 e. The highest BCUT2D eigenvalue weighted by Gasteiger charge is 2.18. The van der Waals surface area contributed by atoms with E-state index in [1.54, 1.807) is 14.2 Å². The molecule has 0 radical (unpaired) electrons. The Morgan fingerprint density at radius 3 is 2.70 bits per heavy atom. The maximum absolute atomic E-state index is 8.44. The molecule has 0 saturated heterocycles. The fourth-order valence-electron chi connectivity index (χ4n) is 5.52. The predicted molar refractivity (Wildman–Crippen MR) is 163 cm³/mol. The maximum atomic E-state index is 8.44. The van der Waals surface area contributed by atoms with Crippen molar-refractivity contribution >= 4 is 24.0 Å². The minimum absolute atomic E-state index is 0.294. The highest BCUT2D eigenvalue weighted by atomic mass is 16.5. The van der Waals surface area contributed by atoms with E-state index in [9.17, 15) is 0 Å². The molecule has 3 aliphatic rings. The molecule has 1 fully saturated rings. The second-order valence-corrected chi connectivity index (χ2v) is 10.7. The van der Waals surface area contributed by atoms with Crippen LogP contribution in [0.2, 0.25) is 0 Å². The van der Waals surface area contributed by atoms with Gasteiger partial charge in [-0.25, -0.2) is 4.99 Å². The maximum Gasteiger partial charge on any atom is 0.161 e. The van der Waals surface area contributed by atoms with Gasteiger partial charge in [0.1, 0.15) is 12.4 Å². The Labute approximate surface area is 237 Å². The summed E-state index contributed by atoms with van der Waals surface area (Å²) in [6, 6.07) is 12.3. The van der Waals surface area contributed by atoms with Crippen LogP contribution in [0.3, 0.4) is 0 Å². The minimum Gasteiger partial charge on any atom is -0.497 e. The van der Waals surface area contributed by atoms with Crippen LogP contribution < -0.4 is 9.47 Å². The fraction of sp³-hybridized carbons (Fsp3) is 0.382. The molecule has 6 heteroatoms. The van der Waals surface area contributed by atoms with Gasteiger partial charge in [-0.3, -0.25) is 10.4 Å². The normalized spacial score (nSPS) is 19.0. The van der Waals surface area contributed by atoms with Gasteiger partial charge in [-0.15, -0.1) is 0 Å². The van der Waals surface area contributed by atoms with Crippen LogP contribution in [0, 0.1) is 17.2 Å². The molecule has 0 bridgehead atoms. The molecule has 1 saturated carbocycles. The number of ether oxygens (including phenoxy) is 3. The zero-order chi connectivity index (χ0) is 27.7. The zero-order valence-corrected chi connectivity index (χ0v) is 23.6. The average molecular weight is 538 g/mol. The molecule has 0 aromatic heterocycles. The Morgan fingerprint density at radius 2 is 1.88 bits per heavy atom. The Balaban J connectivity index is 1.18. The summed E-state index contributed by atoms with van der Waals surface area (Å²) >= 11 is 0. The van der Waals surface area contributed by atoms with E-state index in [1.165, 1.54) is 43.2 Å². The molecule has 40 heavy (non-hydrogen) atoms. The average Bonchev–Trinajstić information content (AvgIpc) is 3.24. The summed E-state index contributed by atoms with van der Waals surface area (Å²) in [6.45, 7) is 0.467. The van der Waals surface area contributed by atoms with Crippen LogP contribution in [0.4, 0.5) is 5.69 Å². The summed E-state index contributed by atoms with van der Waals surface area (Å²) in [6.07, 6.45) is 21.1. The third-order valence-electron chi connectivity index (χ3n) is 7.85. The summed E-state index contributed by atoms with van der Waals surface area (Å²) in [5.41, 5.74) is 5.26. The first-order chi connectivity index (χ1) is 19.6. The van der Waals surface area contributed by atoms with Crippen LogP contribution >= 0.6 is 0 Å². The molecule has 2 aliphatic carbocycles. The first kappa shape index (κ1) is 27.6. The number of fused-ring (bicyclic) bond motifs is 1. The van der Waals surface area contributed by atoms with Crippen molar-refractivity contribution in [1.29, 1.82) is 5.41 Å². The molecule has 6 nitrogen and oxygen atoms in total. The van der Waals surface area contributed by atoms with E-state index in [0.717, 1.165) is 53.3 Å². The SMILES string of the molecule is COC1=CCC=C(COc2ccc(CC3C=Nc4cc(C(=N)N=CC5CCCCC5)ccc4C3)cc2OC)C=C1. The van der Waals surface area contributed by atoms with E-state index in [-0.39, 0.29) is 0 Å². The molecule has 1 aliphatic heterocycles. The second kappa shape index (κ2) is 13.4. The Hall–Kier alpha value is -3.93. The molecular weight excluding hydrogens is 498 g/mol. The summed E-state index contributed by atoms with van der Waals surface area (Å²) < 4.78 is 17.1. The number of nitrogens with one attached hydrogen (secondary N) is 1. The first-order valence-corrected chi connectivity index (χ1v) is 14.3. The van der Waals surface area contributed by atoms with E-state index in [0.29, 0.717) is 24.3 Å². The van der Waals surface area contributed by atoms with Gasteiger partial charge in [0.15, 0.2) is 17.3 Å². The van der Waals surface area contributed by atoms with E-state index < -0.39 is 0 Å². The predicted octanol–water partition coefficient (Wildman–Crippen LogP) is 7.58. The van der Waals surface area contributed by atoms with Gasteiger partial charge in [0.25, 0.3) is 0 Å². The van der Waals surface area contributed by atoms with Gasteiger partial charge in [0.05, 0.1) is 19.9 Å². The lowest BCUT2D eigenvalue weighted by Gasteiger charge is -2.20. The highest BCUT2D eigenvalue weighted by Crippen LogP contribution is 2.33. The molecule has 1 unspecified atom stereocenters. The lowest BCUT2D eigenvalue weighted by Crippen LogP contribution is -2.14. The van der Waals surface area contributed by atoms with Crippen molar-refractivity contribution in [3.63, 3.8) is 0 Å². The topological polar surface area (TPSA) is 76.3 Å². The van der Waals surface area contributed by atoms with Gasteiger partial charge in [-0.2, -0.15) is 0 Å². The first-order valence-electron chi connectivity index (χ1n) is 14.3. The molecule has 1 N–H and O–H groups in total. The third kappa shape index (κ3) is 7.17. The Bertz CT molecular complexity index is 1360. The van der Waals surface area contributed by atoms with Crippen molar-refractivity contribution in [2.24, 2.45) is 21.8 Å². The van der Waals surface area contributed by atoms with Crippen molar-refractivity contribution < 1.29 is 14.2 Å².